The third-order valence-corrected chi connectivity index (χ3v) is 2.60. The molecule has 0 spiro atoms. The molecule has 0 saturated carbocycles. The summed E-state index contributed by atoms with van der Waals surface area (Å²) in [5, 5.41) is 3.23. The van der Waals surface area contributed by atoms with Crippen LogP contribution in [-0.4, -0.2) is 26.3 Å². The van der Waals surface area contributed by atoms with Crippen molar-refractivity contribution in [3.8, 4) is 0 Å². The van der Waals surface area contributed by atoms with Crippen molar-refractivity contribution in [1.82, 2.24) is 5.32 Å². The fraction of sp³-hybridized carbons (Fsp3) is 0.538. The van der Waals surface area contributed by atoms with Gasteiger partial charge in [0.05, 0.1) is 13.2 Å². The Morgan fingerprint density at radius 1 is 1.27 bits per heavy atom. The van der Waals surface area contributed by atoms with Crippen molar-refractivity contribution in [3.05, 3.63) is 35.9 Å². The molecule has 0 aliphatic carbocycles. The summed E-state index contributed by atoms with van der Waals surface area (Å²) >= 11 is 0. The highest BCUT2D eigenvalue weighted by atomic mass is 16.5. The Morgan fingerprint density at radius 2 is 2.00 bits per heavy atom. The van der Waals surface area contributed by atoms with Crippen molar-refractivity contribution >= 4 is 0 Å². The summed E-state index contributed by atoms with van der Waals surface area (Å²) in [7, 11) is 1.98. The van der Waals surface area contributed by atoms with Crippen LogP contribution in [0.3, 0.4) is 0 Å². The lowest BCUT2D eigenvalue weighted by Gasteiger charge is -2.13. The first-order valence-corrected chi connectivity index (χ1v) is 5.65. The second kappa shape index (κ2) is 7.43. The van der Waals surface area contributed by atoms with Crippen LogP contribution in [0.5, 0.6) is 0 Å². The van der Waals surface area contributed by atoms with Crippen LogP contribution < -0.4 is 5.32 Å². The zero-order chi connectivity index (χ0) is 10.9. The van der Waals surface area contributed by atoms with Crippen LogP contribution in [0, 0.1) is 0 Å². The molecular weight excluding hydrogens is 186 g/mol. The summed E-state index contributed by atoms with van der Waals surface area (Å²) in [5.41, 5.74) is 1.34. The quantitative estimate of drug-likeness (QED) is 0.692. The monoisotopic (exact) mass is 207 g/mol. The smallest absolute Gasteiger partial charge is 0.0619 e. The normalized spacial score (nSPS) is 12.7. The van der Waals surface area contributed by atoms with Gasteiger partial charge in [-0.25, -0.2) is 0 Å². The molecule has 0 aliphatic rings. The van der Waals surface area contributed by atoms with Crippen LogP contribution in [0.1, 0.15) is 18.9 Å². The number of hydrogen-bond acceptors (Lipinski definition) is 2. The fourth-order valence-electron chi connectivity index (χ4n) is 1.47. The number of likely N-dealkylation sites (N-methyl/N-ethyl adjacent to an activating group) is 1. The molecule has 0 bridgehead atoms. The molecule has 0 heterocycles. The molecule has 0 aromatic heterocycles. The zero-order valence-electron chi connectivity index (χ0n) is 9.70. The highest BCUT2D eigenvalue weighted by Crippen LogP contribution is 2.00. The molecule has 1 rings (SSSR count). The van der Waals surface area contributed by atoms with Crippen LogP contribution in [0.15, 0.2) is 30.3 Å². The molecule has 15 heavy (non-hydrogen) atoms. The highest BCUT2D eigenvalue weighted by molar-refractivity contribution is 5.14. The van der Waals surface area contributed by atoms with Gasteiger partial charge in [-0.15, -0.1) is 0 Å². The molecule has 0 radical (unpaired) electrons. The second-order valence-electron chi connectivity index (χ2n) is 3.70. The maximum Gasteiger partial charge on any atom is 0.0619 e. The minimum atomic E-state index is 0.487. The summed E-state index contributed by atoms with van der Waals surface area (Å²) in [6.45, 7) is 3.78. The Balaban J connectivity index is 2.12. The van der Waals surface area contributed by atoms with E-state index in [0.717, 1.165) is 26.1 Å². The van der Waals surface area contributed by atoms with Crippen molar-refractivity contribution in [2.75, 3.05) is 20.3 Å². The Labute approximate surface area is 92.6 Å². The Bertz CT molecular complexity index is 244. The summed E-state index contributed by atoms with van der Waals surface area (Å²) in [5.74, 6) is 0. The number of nitrogens with one attached hydrogen (secondary N) is 1. The molecule has 1 aromatic rings. The van der Waals surface area contributed by atoms with Gasteiger partial charge in [0, 0.05) is 6.04 Å². The average molecular weight is 207 g/mol. The van der Waals surface area contributed by atoms with Crippen molar-refractivity contribution in [2.24, 2.45) is 0 Å². The minimum absolute atomic E-state index is 0.487. The predicted molar refractivity (Wildman–Crippen MR) is 64.1 cm³/mol. The molecule has 1 atom stereocenters. The number of hydrogen-bond donors (Lipinski definition) is 1. The molecule has 2 heteroatoms. The van der Waals surface area contributed by atoms with Gasteiger partial charge in [-0.05, 0) is 25.5 Å². The summed E-state index contributed by atoms with van der Waals surface area (Å²) < 4.78 is 5.62. The maximum absolute atomic E-state index is 5.62. The van der Waals surface area contributed by atoms with E-state index in [2.05, 4.69) is 36.5 Å². The van der Waals surface area contributed by atoms with Crippen LogP contribution in [0.4, 0.5) is 0 Å². The molecule has 0 fully saturated rings. The highest BCUT2D eigenvalue weighted by Gasteiger charge is 2.01. The number of ether oxygens (including phenoxy) is 1. The topological polar surface area (TPSA) is 21.3 Å². The molecule has 1 aromatic carbocycles. The fourth-order valence-corrected chi connectivity index (χ4v) is 1.47. The van der Waals surface area contributed by atoms with E-state index in [0.29, 0.717) is 6.04 Å². The van der Waals surface area contributed by atoms with Gasteiger partial charge in [0.15, 0.2) is 0 Å². The SMILES string of the molecule is CCC(COCCc1ccccc1)NC. The molecular formula is C13H21NO. The molecule has 84 valence electrons. The van der Waals surface area contributed by atoms with Crippen LogP contribution in [0.25, 0.3) is 0 Å². The first kappa shape index (κ1) is 12.2. The first-order valence-electron chi connectivity index (χ1n) is 5.65. The summed E-state index contributed by atoms with van der Waals surface area (Å²) in [6, 6.07) is 10.9. The van der Waals surface area contributed by atoms with Crippen LogP contribution in [0.2, 0.25) is 0 Å². The summed E-state index contributed by atoms with van der Waals surface area (Å²) in [4.78, 5) is 0. The molecule has 0 saturated heterocycles. The Hall–Kier alpha value is -0.860. The van der Waals surface area contributed by atoms with E-state index in [4.69, 9.17) is 4.74 Å². The lowest BCUT2D eigenvalue weighted by Crippen LogP contribution is -2.29. The Kier molecular flexibility index (Phi) is 6.05. The van der Waals surface area contributed by atoms with E-state index in [1.54, 1.807) is 0 Å². The van der Waals surface area contributed by atoms with Crippen molar-refractivity contribution < 1.29 is 4.74 Å². The van der Waals surface area contributed by atoms with Crippen molar-refractivity contribution in [2.45, 2.75) is 25.8 Å². The third kappa shape index (κ3) is 4.96. The average Bonchev–Trinajstić information content (AvgIpc) is 2.31. The van der Waals surface area contributed by atoms with E-state index in [1.807, 2.05) is 13.1 Å². The van der Waals surface area contributed by atoms with E-state index in [9.17, 15) is 0 Å². The van der Waals surface area contributed by atoms with E-state index in [1.165, 1.54) is 5.56 Å². The predicted octanol–water partition coefficient (Wildman–Crippen LogP) is 2.24. The lowest BCUT2D eigenvalue weighted by molar-refractivity contribution is 0.115. The number of rotatable bonds is 7. The van der Waals surface area contributed by atoms with Gasteiger partial charge in [-0.1, -0.05) is 37.3 Å². The van der Waals surface area contributed by atoms with Crippen molar-refractivity contribution in [3.63, 3.8) is 0 Å². The zero-order valence-corrected chi connectivity index (χ0v) is 9.70. The maximum atomic E-state index is 5.62. The van der Waals surface area contributed by atoms with Gasteiger partial charge in [-0.2, -0.15) is 0 Å². The van der Waals surface area contributed by atoms with Crippen molar-refractivity contribution in [1.29, 1.82) is 0 Å². The van der Waals surface area contributed by atoms with Gasteiger partial charge < -0.3 is 10.1 Å². The van der Waals surface area contributed by atoms with E-state index in [-0.39, 0.29) is 0 Å². The second-order valence-corrected chi connectivity index (χ2v) is 3.70. The van der Waals surface area contributed by atoms with Gasteiger partial charge in [0.2, 0.25) is 0 Å². The molecule has 2 nitrogen and oxygen atoms in total. The summed E-state index contributed by atoms with van der Waals surface area (Å²) in [6.07, 6.45) is 2.11. The molecule has 1 N–H and O–H groups in total. The third-order valence-electron chi connectivity index (χ3n) is 2.60. The minimum Gasteiger partial charge on any atom is -0.379 e. The first-order chi connectivity index (χ1) is 7.36. The van der Waals surface area contributed by atoms with E-state index < -0.39 is 0 Å². The van der Waals surface area contributed by atoms with Crippen LogP contribution in [-0.2, 0) is 11.2 Å². The Morgan fingerprint density at radius 3 is 2.60 bits per heavy atom. The lowest BCUT2D eigenvalue weighted by atomic mass is 10.2. The molecule has 0 amide bonds. The van der Waals surface area contributed by atoms with Gasteiger partial charge in [-0.3, -0.25) is 0 Å². The van der Waals surface area contributed by atoms with Gasteiger partial charge in [0.25, 0.3) is 0 Å². The van der Waals surface area contributed by atoms with Gasteiger partial charge in [0.1, 0.15) is 0 Å². The van der Waals surface area contributed by atoms with E-state index >= 15 is 0 Å². The standard InChI is InChI=1S/C13H21NO/c1-3-13(14-2)11-15-10-9-12-7-5-4-6-8-12/h4-8,13-14H,3,9-11H2,1-2H3. The largest absolute Gasteiger partial charge is 0.379 e. The van der Waals surface area contributed by atoms with Crippen LogP contribution >= 0.6 is 0 Å². The van der Waals surface area contributed by atoms with Gasteiger partial charge >= 0.3 is 0 Å². The molecule has 0 aliphatic heterocycles. The molecule has 1 unspecified atom stereocenters. The number of benzene rings is 1.